The molecule has 0 aromatic carbocycles. The number of rotatable bonds is 4. The summed E-state index contributed by atoms with van der Waals surface area (Å²) in [5.74, 6) is 2.34. The van der Waals surface area contributed by atoms with E-state index in [0.29, 0.717) is 11.8 Å². The van der Waals surface area contributed by atoms with Gasteiger partial charge in [0.15, 0.2) is 0 Å². The van der Waals surface area contributed by atoms with E-state index in [0.717, 1.165) is 30.8 Å². The average Bonchev–Trinajstić information content (AvgIpc) is 3.31. The molecule has 0 aliphatic heterocycles. The fourth-order valence-electron chi connectivity index (χ4n) is 3.38. The van der Waals surface area contributed by atoms with Crippen LogP contribution in [0, 0.1) is 11.8 Å². The van der Waals surface area contributed by atoms with Crippen LogP contribution in [-0.4, -0.2) is 15.7 Å². The van der Waals surface area contributed by atoms with E-state index >= 15 is 0 Å². The summed E-state index contributed by atoms with van der Waals surface area (Å²) in [6, 6.07) is 0. The van der Waals surface area contributed by atoms with Crippen molar-refractivity contribution in [3.05, 3.63) is 22.9 Å². The first-order valence-electron chi connectivity index (χ1n) is 7.79. The largest absolute Gasteiger partial charge is 0.307 e. The van der Waals surface area contributed by atoms with Gasteiger partial charge in [0.1, 0.15) is 5.82 Å². The summed E-state index contributed by atoms with van der Waals surface area (Å²) in [5, 5.41) is 7.57. The van der Waals surface area contributed by atoms with Crippen molar-refractivity contribution in [1.29, 1.82) is 0 Å². The van der Waals surface area contributed by atoms with Gasteiger partial charge in [-0.05, 0) is 56.8 Å². The number of nitrogens with one attached hydrogen (secondary N) is 1. The third kappa shape index (κ3) is 2.17. The van der Waals surface area contributed by atoms with Gasteiger partial charge in [0.25, 0.3) is 0 Å². The van der Waals surface area contributed by atoms with Crippen LogP contribution in [0.25, 0.3) is 0 Å². The maximum atomic E-state index is 12.3. The van der Waals surface area contributed by atoms with Gasteiger partial charge in [-0.25, -0.2) is 0 Å². The Morgan fingerprint density at radius 2 is 1.95 bits per heavy atom. The molecule has 1 N–H and O–H groups in total. The molecule has 1 aromatic heterocycles. The molecule has 106 valence electrons. The van der Waals surface area contributed by atoms with Crippen LogP contribution in [0.2, 0.25) is 0 Å². The number of hydrogen-bond donors (Lipinski definition) is 1. The third-order valence-electron chi connectivity index (χ3n) is 4.71. The minimum absolute atomic E-state index is 0.0384. The van der Waals surface area contributed by atoms with Gasteiger partial charge in [-0.2, -0.15) is 5.10 Å². The normalized spacial score (nSPS) is 20.6. The quantitative estimate of drug-likeness (QED) is 0.856. The smallest absolute Gasteiger partial charge is 0.249 e. The molecular weight excluding hydrogens is 250 g/mol. The average molecular weight is 271 g/mol. The molecule has 0 saturated heterocycles. The summed E-state index contributed by atoms with van der Waals surface area (Å²) in [6.07, 6.45) is 10.2. The number of aromatic nitrogens is 2. The summed E-state index contributed by atoms with van der Waals surface area (Å²) in [4.78, 5) is 12.3. The van der Waals surface area contributed by atoms with Crippen molar-refractivity contribution in [2.45, 2.75) is 44.9 Å². The second-order valence-electron chi connectivity index (χ2n) is 6.43. The molecule has 3 aliphatic rings. The monoisotopic (exact) mass is 271 g/mol. The van der Waals surface area contributed by atoms with Gasteiger partial charge in [0.2, 0.25) is 5.91 Å². The van der Waals surface area contributed by atoms with Crippen molar-refractivity contribution >= 4 is 11.7 Å². The molecule has 0 unspecified atom stereocenters. The maximum Gasteiger partial charge on any atom is 0.249 e. The van der Waals surface area contributed by atoms with Gasteiger partial charge >= 0.3 is 0 Å². The minimum atomic E-state index is 0.0384. The Bertz CT molecular complexity index is 577. The number of carbonyl (C=O) groups is 1. The van der Waals surface area contributed by atoms with E-state index in [4.69, 9.17) is 0 Å². The van der Waals surface area contributed by atoms with Gasteiger partial charge in [-0.1, -0.05) is 5.57 Å². The molecule has 2 saturated carbocycles. The van der Waals surface area contributed by atoms with Crippen molar-refractivity contribution in [2.24, 2.45) is 18.9 Å². The van der Waals surface area contributed by atoms with E-state index < -0.39 is 0 Å². The first-order valence-corrected chi connectivity index (χ1v) is 7.79. The van der Waals surface area contributed by atoms with Gasteiger partial charge in [0.05, 0.1) is 5.69 Å². The molecule has 4 heteroatoms. The standard InChI is InChI=1S/C16H21N3O/c1-19-16(12-3-2-4-14(12)18-19)17-15(20)9-13(10-5-6-10)11-7-8-11/h9-11H,2-8H2,1H3,(H,17,20). The van der Waals surface area contributed by atoms with Gasteiger partial charge in [0, 0.05) is 18.7 Å². The highest BCUT2D eigenvalue weighted by Gasteiger charge is 2.36. The molecule has 20 heavy (non-hydrogen) atoms. The van der Waals surface area contributed by atoms with Gasteiger partial charge in [-0.15, -0.1) is 0 Å². The molecule has 4 nitrogen and oxygen atoms in total. The molecule has 4 rings (SSSR count). The zero-order chi connectivity index (χ0) is 13.7. The van der Waals surface area contributed by atoms with Crippen LogP contribution in [-0.2, 0) is 24.7 Å². The van der Waals surface area contributed by atoms with Crippen LogP contribution < -0.4 is 5.32 Å². The molecule has 0 atom stereocenters. The number of hydrogen-bond acceptors (Lipinski definition) is 2. The lowest BCUT2D eigenvalue weighted by molar-refractivity contribution is -0.112. The number of anilines is 1. The number of fused-ring (bicyclic) bond motifs is 1. The van der Waals surface area contributed by atoms with E-state index in [9.17, 15) is 4.79 Å². The Morgan fingerprint density at radius 3 is 2.60 bits per heavy atom. The highest BCUT2D eigenvalue weighted by atomic mass is 16.1. The van der Waals surface area contributed by atoms with Crippen LogP contribution in [0.15, 0.2) is 11.6 Å². The lowest BCUT2D eigenvalue weighted by Gasteiger charge is -2.07. The Balaban J connectivity index is 1.54. The number of amides is 1. The maximum absolute atomic E-state index is 12.3. The first-order chi connectivity index (χ1) is 9.72. The van der Waals surface area contributed by atoms with Gasteiger partial charge in [-0.3, -0.25) is 9.48 Å². The van der Waals surface area contributed by atoms with Crippen LogP contribution in [0.5, 0.6) is 0 Å². The Morgan fingerprint density at radius 1 is 1.25 bits per heavy atom. The predicted octanol–water partition coefficient (Wildman–Crippen LogP) is 2.59. The second kappa shape index (κ2) is 4.47. The summed E-state index contributed by atoms with van der Waals surface area (Å²) in [5.41, 5.74) is 3.81. The molecule has 0 bridgehead atoms. The number of nitrogens with zero attached hydrogens (tertiary/aromatic N) is 2. The molecule has 0 spiro atoms. The van der Waals surface area contributed by atoms with Crippen molar-refractivity contribution < 1.29 is 4.79 Å². The summed E-state index contributed by atoms with van der Waals surface area (Å²) in [7, 11) is 1.92. The zero-order valence-electron chi connectivity index (χ0n) is 12.0. The fraction of sp³-hybridized carbons (Fsp3) is 0.625. The van der Waals surface area contributed by atoms with Crippen LogP contribution >= 0.6 is 0 Å². The SMILES string of the molecule is Cn1nc2c(c1NC(=O)C=C(C1CC1)C1CC1)CCC2. The van der Waals surface area contributed by atoms with E-state index in [1.807, 2.05) is 17.8 Å². The van der Waals surface area contributed by atoms with E-state index in [-0.39, 0.29) is 5.91 Å². The minimum Gasteiger partial charge on any atom is -0.307 e. The Kier molecular flexibility index (Phi) is 2.72. The highest BCUT2D eigenvalue weighted by Crippen LogP contribution is 2.48. The van der Waals surface area contributed by atoms with Crippen LogP contribution in [0.3, 0.4) is 0 Å². The third-order valence-corrected chi connectivity index (χ3v) is 4.71. The van der Waals surface area contributed by atoms with Gasteiger partial charge < -0.3 is 5.32 Å². The van der Waals surface area contributed by atoms with Crippen molar-refractivity contribution in [2.75, 3.05) is 5.32 Å². The topological polar surface area (TPSA) is 46.9 Å². The van der Waals surface area contributed by atoms with Crippen molar-refractivity contribution in [3.8, 4) is 0 Å². The number of carbonyl (C=O) groups excluding carboxylic acids is 1. The molecule has 2 fully saturated rings. The van der Waals surface area contributed by atoms with E-state index in [2.05, 4.69) is 10.4 Å². The highest BCUT2D eigenvalue weighted by molar-refractivity contribution is 6.00. The Labute approximate surface area is 119 Å². The molecule has 1 heterocycles. The van der Waals surface area contributed by atoms with Crippen LogP contribution in [0.1, 0.15) is 43.4 Å². The Hall–Kier alpha value is -1.58. The van der Waals surface area contributed by atoms with Crippen molar-refractivity contribution in [1.82, 2.24) is 9.78 Å². The fourth-order valence-corrected chi connectivity index (χ4v) is 3.38. The summed E-state index contributed by atoms with van der Waals surface area (Å²) in [6.45, 7) is 0. The molecule has 1 aromatic rings. The lowest BCUT2D eigenvalue weighted by Crippen LogP contribution is -2.14. The number of allylic oxidation sites excluding steroid dienone is 1. The molecule has 3 aliphatic carbocycles. The lowest BCUT2D eigenvalue weighted by atomic mass is 10.1. The van der Waals surface area contributed by atoms with Crippen molar-refractivity contribution in [3.63, 3.8) is 0 Å². The second-order valence-corrected chi connectivity index (χ2v) is 6.43. The van der Waals surface area contributed by atoms with E-state index in [1.54, 1.807) is 0 Å². The molecule has 0 radical (unpaired) electrons. The number of aryl methyl sites for hydroxylation is 2. The summed E-state index contributed by atoms with van der Waals surface area (Å²) >= 11 is 0. The summed E-state index contributed by atoms with van der Waals surface area (Å²) < 4.78 is 1.82. The zero-order valence-corrected chi connectivity index (χ0v) is 12.0. The first kappa shape index (κ1) is 12.2. The molecule has 1 amide bonds. The molecular formula is C16H21N3O. The predicted molar refractivity (Wildman–Crippen MR) is 77.4 cm³/mol. The van der Waals surface area contributed by atoms with Crippen LogP contribution in [0.4, 0.5) is 5.82 Å². The van der Waals surface area contributed by atoms with E-state index in [1.165, 1.54) is 36.8 Å².